The minimum atomic E-state index is -4.41. The van der Waals surface area contributed by atoms with Crippen LogP contribution >= 0.6 is 0 Å². The fourth-order valence-electron chi connectivity index (χ4n) is 3.54. The fraction of sp³-hybridized carbons (Fsp3) is 0.160. The summed E-state index contributed by atoms with van der Waals surface area (Å²) in [6, 6.07) is 15.5. The second-order valence-corrected chi connectivity index (χ2v) is 7.36. The van der Waals surface area contributed by atoms with Crippen LogP contribution in [0, 0.1) is 0 Å². The van der Waals surface area contributed by atoms with E-state index in [2.05, 4.69) is 11.9 Å². The Hall–Kier alpha value is -3.94. The van der Waals surface area contributed by atoms with Crippen molar-refractivity contribution in [1.29, 1.82) is 0 Å². The van der Waals surface area contributed by atoms with E-state index in [0.717, 1.165) is 23.0 Å². The van der Waals surface area contributed by atoms with Crippen molar-refractivity contribution in [2.75, 3.05) is 6.61 Å². The van der Waals surface area contributed by atoms with Crippen LogP contribution in [-0.2, 0) is 19.3 Å². The van der Waals surface area contributed by atoms with Crippen molar-refractivity contribution < 1.29 is 27.1 Å². The lowest BCUT2D eigenvalue weighted by molar-refractivity contribution is -0.137. The zero-order valence-electron chi connectivity index (χ0n) is 17.6. The van der Waals surface area contributed by atoms with Gasteiger partial charge in [-0.15, -0.1) is 0 Å². The van der Waals surface area contributed by atoms with Gasteiger partial charge in [-0.2, -0.15) is 13.2 Å². The molecule has 170 valence electrons. The van der Waals surface area contributed by atoms with E-state index in [4.69, 9.17) is 9.15 Å². The molecule has 0 bridgehead atoms. The summed E-state index contributed by atoms with van der Waals surface area (Å²) in [4.78, 5) is 13.1. The molecule has 0 atom stereocenters. The molecule has 0 saturated heterocycles. The van der Waals surface area contributed by atoms with Gasteiger partial charge in [-0.3, -0.25) is 4.79 Å². The Morgan fingerprint density at radius 2 is 1.91 bits per heavy atom. The maximum atomic E-state index is 13.1. The topological polar surface area (TPSA) is 56.4 Å². The van der Waals surface area contributed by atoms with Crippen LogP contribution in [0.15, 0.2) is 84.0 Å². The quantitative estimate of drug-likeness (QED) is 0.343. The number of rotatable bonds is 8. The third kappa shape index (κ3) is 4.95. The van der Waals surface area contributed by atoms with Crippen molar-refractivity contribution in [1.82, 2.24) is 9.88 Å². The molecular weight excluding hydrogens is 433 g/mol. The first-order chi connectivity index (χ1) is 15.9. The Morgan fingerprint density at radius 1 is 1.12 bits per heavy atom. The van der Waals surface area contributed by atoms with E-state index in [1.54, 1.807) is 41.0 Å². The highest BCUT2D eigenvalue weighted by Gasteiger charge is 2.30. The van der Waals surface area contributed by atoms with Gasteiger partial charge in [-0.25, -0.2) is 0 Å². The first kappa shape index (κ1) is 22.3. The van der Waals surface area contributed by atoms with E-state index in [-0.39, 0.29) is 19.0 Å². The van der Waals surface area contributed by atoms with Crippen molar-refractivity contribution in [3.8, 4) is 5.75 Å². The number of aromatic nitrogens is 1. The molecule has 2 aromatic carbocycles. The molecule has 4 rings (SSSR count). The van der Waals surface area contributed by atoms with Crippen molar-refractivity contribution in [3.63, 3.8) is 0 Å². The maximum absolute atomic E-state index is 13.1. The van der Waals surface area contributed by atoms with E-state index in [1.807, 2.05) is 6.07 Å². The van der Waals surface area contributed by atoms with Crippen LogP contribution in [0.5, 0.6) is 5.75 Å². The molecule has 2 heterocycles. The number of benzene rings is 2. The average molecular weight is 454 g/mol. The van der Waals surface area contributed by atoms with Gasteiger partial charge in [0.05, 0.1) is 23.9 Å². The average Bonchev–Trinajstić information content (AvgIpc) is 3.44. The fourth-order valence-corrected chi connectivity index (χ4v) is 3.54. The maximum Gasteiger partial charge on any atom is 0.416 e. The molecule has 0 saturated carbocycles. The van der Waals surface area contributed by atoms with E-state index >= 15 is 0 Å². The number of fused-ring (bicyclic) bond motifs is 1. The van der Waals surface area contributed by atoms with Gasteiger partial charge in [-0.05, 0) is 48.0 Å². The molecule has 33 heavy (non-hydrogen) atoms. The Bertz CT molecular complexity index is 1260. The minimum absolute atomic E-state index is 0.202. The number of halogens is 3. The van der Waals surface area contributed by atoms with Gasteiger partial charge >= 0.3 is 6.18 Å². The molecule has 5 nitrogen and oxygen atoms in total. The summed E-state index contributed by atoms with van der Waals surface area (Å²) < 4.78 is 51.6. The lowest BCUT2D eigenvalue weighted by atomic mass is 10.1. The second kappa shape index (κ2) is 9.28. The molecule has 4 aromatic rings. The molecule has 0 radical (unpaired) electrons. The number of hydrogen-bond donors (Lipinski definition) is 1. The molecule has 8 heteroatoms. The Labute approximate surface area is 188 Å². The number of carbonyl (C=O) groups is 1. The van der Waals surface area contributed by atoms with Crippen LogP contribution in [-0.4, -0.2) is 17.1 Å². The van der Waals surface area contributed by atoms with Gasteiger partial charge in [0.25, 0.3) is 5.91 Å². The Balaban J connectivity index is 1.70. The van der Waals surface area contributed by atoms with Crippen molar-refractivity contribution in [2.45, 2.75) is 19.3 Å². The summed E-state index contributed by atoms with van der Waals surface area (Å²) in [5, 5.41) is 3.54. The number of furan rings is 1. The third-order valence-corrected chi connectivity index (χ3v) is 5.12. The van der Waals surface area contributed by atoms with Crippen molar-refractivity contribution >= 4 is 16.8 Å². The van der Waals surface area contributed by atoms with Gasteiger partial charge in [0, 0.05) is 11.9 Å². The number of nitrogens with zero attached hydrogens (tertiary/aromatic N) is 1. The summed E-state index contributed by atoms with van der Waals surface area (Å²) in [7, 11) is 0. The number of carbonyl (C=O) groups excluding carboxylic acids is 1. The van der Waals surface area contributed by atoms with Gasteiger partial charge in [0.1, 0.15) is 23.8 Å². The van der Waals surface area contributed by atoms with Crippen LogP contribution in [0.4, 0.5) is 13.2 Å². The molecule has 2 aromatic heterocycles. The molecule has 1 N–H and O–H groups in total. The standard InChI is InChI=1S/C25H21F3N2O3/c1-2-12-33-23-7-3-6-21-20(23)14-22(24(31)29-15-19-5-4-13-32-19)30(21)16-17-8-10-18(11-9-17)25(26,27)28/h2-11,13-14H,1,12,15-16H2,(H,29,31). The largest absolute Gasteiger partial charge is 0.489 e. The molecule has 0 fully saturated rings. The smallest absolute Gasteiger partial charge is 0.416 e. The predicted molar refractivity (Wildman–Crippen MR) is 118 cm³/mol. The summed E-state index contributed by atoms with van der Waals surface area (Å²) >= 11 is 0. The summed E-state index contributed by atoms with van der Waals surface area (Å²) in [6.07, 6.45) is -1.27. The van der Waals surface area contributed by atoms with E-state index < -0.39 is 11.7 Å². The molecule has 0 unspecified atom stereocenters. The zero-order valence-corrected chi connectivity index (χ0v) is 17.6. The van der Waals surface area contributed by atoms with Crippen LogP contribution in [0.1, 0.15) is 27.4 Å². The highest BCUT2D eigenvalue weighted by Crippen LogP contribution is 2.31. The summed E-state index contributed by atoms with van der Waals surface area (Å²) in [6.45, 7) is 4.35. The lowest BCUT2D eigenvalue weighted by Gasteiger charge is -2.13. The van der Waals surface area contributed by atoms with Crippen LogP contribution in [0.2, 0.25) is 0 Å². The number of nitrogens with one attached hydrogen (secondary N) is 1. The number of amides is 1. The molecule has 0 aliphatic rings. The van der Waals surface area contributed by atoms with Gasteiger partial charge < -0.3 is 19.0 Å². The minimum Gasteiger partial charge on any atom is -0.489 e. The van der Waals surface area contributed by atoms with Crippen LogP contribution < -0.4 is 10.1 Å². The monoisotopic (exact) mass is 454 g/mol. The van der Waals surface area contributed by atoms with Crippen molar-refractivity contribution in [3.05, 3.63) is 102 Å². The van der Waals surface area contributed by atoms with E-state index in [9.17, 15) is 18.0 Å². The SMILES string of the molecule is C=CCOc1cccc2c1cc(C(=O)NCc1ccco1)n2Cc1ccc(C(F)(F)F)cc1. The third-order valence-electron chi connectivity index (χ3n) is 5.12. The molecule has 0 aliphatic heterocycles. The summed E-state index contributed by atoms with van der Waals surface area (Å²) in [5.74, 6) is 0.839. The second-order valence-electron chi connectivity index (χ2n) is 7.36. The molecular formula is C25H21F3N2O3. The Morgan fingerprint density at radius 3 is 2.58 bits per heavy atom. The number of alkyl halides is 3. The molecule has 0 aliphatic carbocycles. The van der Waals surface area contributed by atoms with Gasteiger partial charge in [0.2, 0.25) is 0 Å². The number of hydrogen-bond acceptors (Lipinski definition) is 3. The lowest BCUT2D eigenvalue weighted by Crippen LogP contribution is -2.25. The van der Waals surface area contributed by atoms with E-state index in [0.29, 0.717) is 29.4 Å². The normalized spacial score (nSPS) is 11.5. The first-order valence-electron chi connectivity index (χ1n) is 10.2. The first-order valence-corrected chi connectivity index (χ1v) is 10.2. The van der Waals surface area contributed by atoms with Crippen LogP contribution in [0.25, 0.3) is 10.9 Å². The summed E-state index contributed by atoms with van der Waals surface area (Å²) in [5.41, 5.74) is 0.976. The van der Waals surface area contributed by atoms with Crippen LogP contribution in [0.3, 0.4) is 0 Å². The van der Waals surface area contributed by atoms with Crippen molar-refractivity contribution in [2.24, 2.45) is 0 Å². The zero-order chi connectivity index (χ0) is 23.4. The highest BCUT2D eigenvalue weighted by molar-refractivity contribution is 6.00. The molecule has 0 spiro atoms. The van der Waals surface area contributed by atoms with Gasteiger partial charge in [0.15, 0.2) is 0 Å². The van der Waals surface area contributed by atoms with Gasteiger partial charge in [-0.1, -0.05) is 30.9 Å². The Kier molecular flexibility index (Phi) is 6.26. The van der Waals surface area contributed by atoms with E-state index in [1.165, 1.54) is 18.4 Å². The molecule has 1 amide bonds. The predicted octanol–water partition coefficient (Wildman–Crippen LogP) is 5.80. The highest BCUT2D eigenvalue weighted by atomic mass is 19.4. The number of ether oxygens (including phenoxy) is 1.